The predicted molar refractivity (Wildman–Crippen MR) is 65.0 cm³/mol. The minimum absolute atomic E-state index is 0.246. The minimum Gasteiger partial charge on any atom is -0.476 e. The summed E-state index contributed by atoms with van der Waals surface area (Å²) in [5.74, 6) is 1.66. The fourth-order valence-corrected chi connectivity index (χ4v) is 1.73. The van der Waals surface area contributed by atoms with Crippen molar-refractivity contribution in [3.05, 3.63) is 35.7 Å². The van der Waals surface area contributed by atoms with Crippen molar-refractivity contribution in [3.63, 3.8) is 0 Å². The van der Waals surface area contributed by atoms with Crippen LogP contribution < -0.4 is 5.73 Å². The van der Waals surface area contributed by atoms with Crippen LogP contribution in [0.2, 0.25) is 0 Å². The fourth-order valence-electron chi connectivity index (χ4n) is 1.73. The maximum atomic E-state index is 5.42. The lowest BCUT2D eigenvalue weighted by molar-refractivity contribution is 0.348. The highest BCUT2D eigenvalue weighted by molar-refractivity contribution is 5.95. The molecule has 3 rings (SSSR count). The van der Waals surface area contributed by atoms with Crippen LogP contribution in [0, 0.1) is 0 Å². The van der Waals surface area contributed by atoms with Crippen LogP contribution in [0.1, 0.15) is 11.5 Å². The van der Waals surface area contributed by atoms with E-state index in [9.17, 15) is 0 Å². The maximum Gasteiger partial charge on any atom is 0.240 e. The molecule has 0 bridgehead atoms. The van der Waals surface area contributed by atoms with Gasteiger partial charge in [0, 0.05) is 11.1 Å². The Kier molecular flexibility index (Phi) is 2.77. The van der Waals surface area contributed by atoms with Crippen molar-refractivity contribution in [2.75, 3.05) is 13.2 Å². The molecule has 0 aliphatic carbocycles. The van der Waals surface area contributed by atoms with Crippen molar-refractivity contribution < 1.29 is 9.26 Å². The van der Waals surface area contributed by atoms with Crippen molar-refractivity contribution in [2.45, 2.75) is 6.54 Å². The Morgan fingerprint density at radius 2 is 1.94 bits per heavy atom. The largest absolute Gasteiger partial charge is 0.476 e. The molecule has 6 heteroatoms. The quantitative estimate of drug-likeness (QED) is 0.869. The molecule has 0 saturated carbocycles. The highest BCUT2D eigenvalue weighted by atomic mass is 16.5. The summed E-state index contributed by atoms with van der Waals surface area (Å²) >= 11 is 0. The number of benzene rings is 1. The van der Waals surface area contributed by atoms with Gasteiger partial charge in [0.1, 0.15) is 6.61 Å². The molecule has 0 saturated heterocycles. The van der Waals surface area contributed by atoms with Crippen LogP contribution in [0.5, 0.6) is 0 Å². The van der Waals surface area contributed by atoms with Crippen molar-refractivity contribution in [1.82, 2.24) is 10.1 Å². The second-order valence-corrected chi connectivity index (χ2v) is 3.83. The van der Waals surface area contributed by atoms with Gasteiger partial charge in [-0.1, -0.05) is 17.3 Å². The molecular formula is C12H12N4O2. The molecule has 1 aliphatic heterocycles. The third kappa shape index (κ3) is 1.98. The average molecular weight is 244 g/mol. The van der Waals surface area contributed by atoms with Crippen LogP contribution in [-0.2, 0) is 11.3 Å². The third-order valence-electron chi connectivity index (χ3n) is 2.62. The first-order valence-electron chi connectivity index (χ1n) is 5.67. The Bertz CT molecular complexity index is 574. The van der Waals surface area contributed by atoms with E-state index in [1.54, 1.807) is 0 Å². The molecule has 92 valence electrons. The van der Waals surface area contributed by atoms with Crippen LogP contribution in [0.15, 0.2) is 33.8 Å². The number of hydrogen-bond acceptors (Lipinski definition) is 6. The fraction of sp³-hybridized carbons (Fsp3) is 0.250. The van der Waals surface area contributed by atoms with Crippen LogP contribution in [-0.4, -0.2) is 29.2 Å². The van der Waals surface area contributed by atoms with Crippen LogP contribution in [0.3, 0.4) is 0 Å². The molecule has 6 nitrogen and oxygen atoms in total. The molecule has 2 aromatic rings. The van der Waals surface area contributed by atoms with E-state index in [1.165, 1.54) is 0 Å². The molecular weight excluding hydrogens is 232 g/mol. The number of aliphatic imine (C=N–C) groups is 1. The Morgan fingerprint density at radius 1 is 1.17 bits per heavy atom. The van der Waals surface area contributed by atoms with Gasteiger partial charge in [-0.05, 0) is 12.1 Å². The Labute approximate surface area is 103 Å². The summed E-state index contributed by atoms with van der Waals surface area (Å²) in [5, 5.41) is 3.86. The van der Waals surface area contributed by atoms with E-state index in [0.717, 1.165) is 17.7 Å². The van der Waals surface area contributed by atoms with E-state index in [1.807, 2.05) is 24.3 Å². The van der Waals surface area contributed by atoms with Gasteiger partial charge < -0.3 is 15.0 Å². The first kappa shape index (κ1) is 10.9. The molecule has 1 aromatic heterocycles. The van der Waals surface area contributed by atoms with Gasteiger partial charge in [0.2, 0.25) is 17.6 Å². The molecule has 0 radical (unpaired) electrons. The van der Waals surface area contributed by atoms with Crippen LogP contribution >= 0.6 is 0 Å². The first-order chi connectivity index (χ1) is 8.86. The minimum atomic E-state index is 0.246. The van der Waals surface area contributed by atoms with Gasteiger partial charge >= 0.3 is 0 Å². The van der Waals surface area contributed by atoms with E-state index >= 15 is 0 Å². The summed E-state index contributed by atoms with van der Waals surface area (Å²) in [4.78, 5) is 8.42. The Balaban J connectivity index is 1.86. The SMILES string of the molecule is NCc1nc(-c2ccc(C3=NCCO3)cc2)no1. The van der Waals surface area contributed by atoms with Gasteiger partial charge in [0.25, 0.3) is 0 Å². The first-order valence-corrected chi connectivity index (χ1v) is 5.67. The number of aromatic nitrogens is 2. The van der Waals surface area contributed by atoms with E-state index in [2.05, 4.69) is 15.1 Å². The molecule has 0 fully saturated rings. The van der Waals surface area contributed by atoms with E-state index in [0.29, 0.717) is 24.2 Å². The smallest absolute Gasteiger partial charge is 0.240 e. The van der Waals surface area contributed by atoms with E-state index in [4.69, 9.17) is 15.0 Å². The van der Waals surface area contributed by atoms with E-state index in [-0.39, 0.29) is 6.54 Å². The van der Waals surface area contributed by atoms with Crippen molar-refractivity contribution in [3.8, 4) is 11.4 Å². The zero-order valence-corrected chi connectivity index (χ0v) is 9.67. The number of ether oxygens (including phenoxy) is 1. The standard InChI is InChI=1S/C12H12N4O2/c13-7-10-15-11(16-18-10)8-1-3-9(4-2-8)12-14-5-6-17-12/h1-4H,5-7,13H2. The van der Waals surface area contributed by atoms with Crippen LogP contribution in [0.25, 0.3) is 11.4 Å². The lowest BCUT2D eigenvalue weighted by Crippen LogP contribution is -2.00. The second-order valence-electron chi connectivity index (χ2n) is 3.83. The number of nitrogens with zero attached hydrogens (tertiary/aromatic N) is 3. The summed E-state index contributed by atoms with van der Waals surface area (Å²) in [5.41, 5.74) is 7.25. The summed E-state index contributed by atoms with van der Waals surface area (Å²) < 4.78 is 10.4. The lowest BCUT2D eigenvalue weighted by Gasteiger charge is -2.01. The summed E-state index contributed by atoms with van der Waals surface area (Å²) in [6, 6.07) is 7.67. The Hall–Kier alpha value is -2.21. The van der Waals surface area contributed by atoms with Gasteiger partial charge in [-0.15, -0.1) is 0 Å². The highest BCUT2D eigenvalue weighted by Gasteiger charge is 2.11. The lowest BCUT2D eigenvalue weighted by atomic mass is 10.1. The topological polar surface area (TPSA) is 86.5 Å². The number of hydrogen-bond donors (Lipinski definition) is 1. The van der Waals surface area contributed by atoms with Gasteiger partial charge in [-0.25, -0.2) is 4.99 Å². The molecule has 0 amide bonds. The molecule has 1 aromatic carbocycles. The normalized spacial score (nSPS) is 14.4. The second kappa shape index (κ2) is 4.58. The average Bonchev–Trinajstić information content (AvgIpc) is 3.10. The van der Waals surface area contributed by atoms with Crippen molar-refractivity contribution in [2.24, 2.45) is 10.7 Å². The monoisotopic (exact) mass is 244 g/mol. The van der Waals surface area contributed by atoms with Crippen molar-refractivity contribution >= 4 is 5.90 Å². The zero-order valence-electron chi connectivity index (χ0n) is 9.67. The third-order valence-corrected chi connectivity index (χ3v) is 2.62. The molecule has 18 heavy (non-hydrogen) atoms. The molecule has 0 unspecified atom stereocenters. The summed E-state index contributed by atoms with van der Waals surface area (Å²) in [6.07, 6.45) is 0. The molecule has 0 spiro atoms. The maximum absolute atomic E-state index is 5.42. The Morgan fingerprint density at radius 3 is 2.56 bits per heavy atom. The van der Waals surface area contributed by atoms with Gasteiger partial charge in [0.05, 0.1) is 13.1 Å². The highest BCUT2D eigenvalue weighted by Crippen LogP contribution is 2.17. The number of rotatable bonds is 3. The van der Waals surface area contributed by atoms with E-state index < -0.39 is 0 Å². The van der Waals surface area contributed by atoms with Gasteiger partial charge in [-0.2, -0.15) is 4.98 Å². The molecule has 1 aliphatic rings. The predicted octanol–water partition coefficient (Wildman–Crippen LogP) is 0.972. The van der Waals surface area contributed by atoms with Crippen LogP contribution in [0.4, 0.5) is 0 Å². The van der Waals surface area contributed by atoms with Gasteiger partial charge in [0.15, 0.2) is 0 Å². The zero-order chi connectivity index (χ0) is 12.4. The summed E-state index contributed by atoms with van der Waals surface area (Å²) in [6.45, 7) is 1.62. The number of nitrogens with two attached hydrogens (primary N) is 1. The molecule has 2 N–H and O–H groups in total. The summed E-state index contributed by atoms with van der Waals surface area (Å²) in [7, 11) is 0. The molecule has 2 heterocycles. The molecule has 0 atom stereocenters. The van der Waals surface area contributed by atoms with Crippen molar-refractivity contribution in [1.29, 1.82) is 0 Å². The van der Waals surface area contributed by atoms with Gasteiger partial charge in [-0.3, -0.25) is 0 Å².